The van der Waals surface area contributed by atoms with Gasteiger partial charge in [-0.05, 0) is 43.0 Å². The summed E-state index contributed by atoms with van der Waals surface area (Å²) in [5, 5.41) is -0.426. The van der Waals surface area contributed by atoms with Gasteiger partial charge < -0.3 is 0 Å². The van der Waals surface area contributed by atoms with Crippen molar-refractivity contribution in [3.63, 3.8) is 0 Å². The lowest BCUT2D eigenvalue weighted by atomic mass is 9.98. The Morgan fingerprint density at radius 3 is 2.53 bits per heavy atom. The molecule has 1 atom stereocenters. The Bertz CT molecular complexity index is 745. The zero-order valence-electron chi connectivity index (χ0n) is 11.1. The summed E-state index contributed by atoms with van der Waals surface area (Å²) in [6, 6.07) is 13.4. The van der Waals surface area contributed by atoms with Crippen molar-refractivity contribution in [2.75, 3.05) is 0 Å². The van der Waals surface area contributed by atoms with Crippen molar-refractivity contribution in [2.45, 2.75) is 30.4 Å². The molecule has 2 aromatic carbocycles. The second-order valence-corrected chi connectivity index (χ2v) is 7.30. The second kappa shape index (κ2) is 4.20. The molecule has 0 spiro atoms. The van der Waals surface area contributed by atoms with Crippen LogP contribution in [0.25, 0.3) is 0 Å². The molecule has 1 aliphatic heterocycles. The zero-order valence-corrected chi connectivity index (χ0v) is 11.9. The van der Waals surface area contributed by atoms with E-state index in [0.717, 1.165) is 22.3 Å². The van der Waals surface area contributed by atoms with Crippen LogP contribution in [-0.4, -0.2) is 8.42 Å². The molecule has 0 amide bonds. The van der Waals surface area contributed by atoms with Crippen molar-refractivity contribution in [3.05, 3.63) is 64.7 Å². The molecular formula is C16H16O2S. The number of rotatable bonds is 1. The van der Waals surface area contributed by atoms with Crippen LogP contribution >= 0.6 is 0 Å². The van der Waals surface area contributed by atoms with Gasteiger partial charge in [0, 0.05) is 0 Å². The van der Waals surface area contributed by atoms with Gasteiger partial charge in [-0.25, -0.2) is 8.42 Å². The van der Waals surface area contributed by atoms with Crippen molar-refractivity contribution in [1.29, 1.82) is 0 Å². The molecule has 3 rings (SSSR count). The first-order valence-corrected chi connectivity index (χ1v) is 7.94. The van der Waals surface area contributed by atoms with Crippen LogP contribution in [0.2, 0.25) is 0 Å². The zero-order chi connectivity index (χ0) is 13.6. The van der Waals surface area contributed by atoms with Crippen LogP contribution in [-0.2, 0) is 16.3 Å². The van der Waals surface area contributed by atoms with Crippen molar-refractivity contribution >= 4 is 9.84 Å². The number of hydrogen-bond donors (Lipinski definition) is 0. The minimum atomic E-state index is -3.24. The van der Waals surface area contributed by atoms with Crippen LogP contribution in [0.5, 0.6) is 0 Å². The number of benzene rings is 2. The molecule has 1 unspecified atom stereocenters. The molecule has 2 aromatic rings. The second-order valence-electron chi connectivity index (χ2n) is 5.21. The summed E-state index contributed by atoms with van der Waals surface area (Å²) >= 11 is 0. The van der Waals surface area contributed by atoms with Crippen molar-refractivity contribution in [3.8, 4) is 0 Å². The van der Waals surface area contributed by atoms with Crippen LogP contribution < -0.4 is 0 Å². The molecular weight excluding hydrogens is 256 g/mol. The van der Waals surface area contributed by atoms with Gasteiger partial charge in [-0.1, -0.05) is 42.0 Å². The van der Waals surface area contributed by atoms with Gasteiger partial charge in [0.15, 0.2) is 9.84 Å². The van der Waals surface area contributed by atoms with Gasteiger partial charge in [0.05, 0.1) is 10.1 Å². The van der Waals surface area contributed by atoms with E-state index in [-0.39, 0.29) is 0 Å². The third-order valence-electron chi connectivity index (χ3n) is 3.84. The SMILES string of the molecule is Cc1ccc(C)c(C2Cc3ccccc3S2(=O)=O)c1. The highest BCUT2D eigenvalue weighted by Crippen LogP contribution is 2.41. The third-order valence-corrected chi connectivity index (χ3v) is 6.02. The standard InChI is InChI=1S/C16H16O2S/c1-11-7-8-12(2)14(9-11)16-10-13-5-3-4-6-15(13)19(16,17)18/h3-9,16H,10H2,1-2H3. The summed E-state index contributed by atoms with van der Waals surface area (Å²) in [4.78, 5) is 0.501. The van der Waals surface area contributed by atoms with Crippen molar-refractivity contribution < 1.29 is 8.42 Å². The van der Waals surface area contributed by atoms with Crippen molar-refractivity contribution in [2.24, 2.45) is 0 Å². The minimum absolute atomic E-state index is 0.426. The molecule has 0 saturated heterocycles. The van der Waals surface area contributed by atoms with E-state index in [9.17, 15) is 8.42 Å². The fourth-order valence-corrected chi connectivity index (χ4v) is 4.88. The normalized spacial score (nSPS) is 20.2. The lowest BCUT2D eigenvalue weighted by Gasteiger charge is -2.14. The Balaban J connectivity index is 2.18. The van der Waals surface area contributed by atoms with E-state index in [0.29, 0.717) is 11.3 Å². The molecule has 0 bridgehead atoms. The average molecular weight is 272 g/mol. The van der Waals surface area contributed by atoms with Crippen LogP contribution in [0.15, 0.2) is 47.4 Å². The maximum Gasteiger partial charge on any atom is 0.185 e. The Morgan fingerprint density at radius 1 is 1.05 bits per heavy atom. The molecule has 0 N–H and O–H groups in total. The van der Waals surface area contributed by atoms with Crippen LogP contribution in [0.1, 0.15) is 27.5 Å². The molecule has 0 fully saturated rings. The smallest absolute Gasteiger partial charge is 0.185 e. The van der Waals surface area contributed by atoms with Gasteiger partial charge in [0.25, 0.3) is 0 Å². The Hall–Kier alpha value is -1.61. The van der Waals surface area contributed by atoms with E-state index in [1.165, 1.54) is 0 Å². The predicted molar refractivity (Wildman–Crippen MR) is 76.0 cm³/mol. The number of fused-ring (bicyclic) bond motifs is 1. The van der Waals surface area contributed by atoms with Gasteiger partial charge in [-0.3, -0.25) is 0 Å². The highest BCUT2D eigenvalue weighted by Gasteiger charge is 2.38. The lowest BCUT2D eigenvalue weighted by molar-refractivity contribution is 0.589. The van der Waals surface area contributed by atoms with E-state index in [4.69, 9.17) is 0 Å². The van der Waals surface area contributed by atoms with E-state index in [2.05, 4.69) is 0 Å². The van der Waals surface area contributed by atoms with E-state index in [1.54, 1.807) is 12.1 Å². The number of aryl methyl sites for hydroxylation is 2. The van der Waals surface area contributed by atoms with E-state index >= 15 is 0 Å². The molecule has 0 saturated carbocycles. The Labute approximate surface area is 114 Å². The molecule has 19 heavy (non-hydrogen) atoms. The van der Waals surface area contributed by atoms with Gasteiger partial charge in [0.2, 0.25) is 0 Å². The Kier molecular flexibility index (Phi) is 2.75. The number of sulfone groups is 1. The Morgan fingerprint density at radius 2 is 1.79 bits per heavy atom. The first kappa shape index (κ1) is 12.4. The highest BCUT2D eigenvalue weighted by atomic mass is 32.2. The summed E-state index contributed by atoms with van der Waals surface area (Å²) in [7, 11) is -3.24. The first-order valence-electron chi connectivity index (χ1n) is 6.39. The summed E-state index contributed by atoms with van der Waals surface area (Å²) in [6.45, 7) is 3.98. The summed E-state index contributed by atoms with van der Waals surface area (Å²) < 4.78 is 25.3. The summed E-state index contributed by atoms with van der Waals surface area (Å²) in [5.41, 5.74) is 4.03. The topological polar surface area (TPSA) is 34.1 Å². The monoisotopic (exact) mass is 272 g/mol. The van der Waals surface area contributed by atoms with E-state index < -0.39 is 15.1 Å². The maximum absolute atomic E-state index is 12.6. The minimum Gasteiger partial charge on any atom is -0.223 e. The van der Waals surface area contributed by atoms with Gasteiger partial charge in [-0.2, -0.15) is 0 Å². The summed E-state index contributed by atoms with van der Waals surface area (Å²) in [6.07, 6.45) is 0.586. The molecule has 98 valence electrons. The van der Waals surface area contributed by atoms with Crippen molar-refractivity contribution in [1.82, 2.24) is 0 Å². The molecule has 0 radical (unpaired) electrons. The highest BCUT2D eigenvalue weighted by molar-refractivity contribution is 7.92. The lowest BCUT2D eigenvalue weighted by Crippen LogP contribution is -2.10. The maximum atomic E-state index is 12.6. The predicted octanol–water partition coefficient (Wildman–Crippen LogP) is 3.37. The van der Waals surface area contributed by atoms with E-state index in [1.807, 2.05) is 44.2 Å². The quantitative estimate of drug-likeness (QED) is 0.797. The fraction of sp³-hybridized carbons (Fsp3) is 0.250. The number of hydrogen-bond acceptors (Lipinski definition) is 2. The van der Waals surface area contributed by atoms with Crippen LogP contribution in [0.4, 0.5) is 0 Å². The molecule has 0 aromatic heterocycles. The van der Waals surface area contributed by atoms with Crippen LogP contribution in [0, 0.1) is 13.8 Å². The molecule has 3 heteroatoms. The molecule has 1 aliphatic rings. The molecule has 0 aliphatic carbocycles. The third kappa shape index (κ3) is 1.89. The molecule has 1 heterocycles. The first-order chi connectivity index (χ1) is 9.00. The average Bonchev–Trinajstić information content (AvgIpc) is 2.65. The van der Waals surface area contributed by atoms with Crippen LogP contribution in [0.3, 0.4) is 0 Å². The molecule has 2 nitrogen and oxygen atoms in total. The largest absolute Gasteiger partial charge is 0.223 e. The fourth-order valence-electron chi connectivity index (χ4n) is 2.80. The summed E-state index contributed by atoms with van der Waals surface area (Å²) in [5.74, 6) is 0. The van der Waals surface area contributed by atoms with Gasteiger partial charge in [0.1, 0.15) is 0 Å². The van der Waals surface area contributed by atoms with Gasteiger partial charge >= 0.3 is 0 Å². The van der Waals surface area contributed by atoms with Gasteiger partial charge in [-0.15, -0.1) is 0 Å².